The number of nitrogens with one attached hydrogen (secondary N) is 1. The van der Waals surface area contributed by atoms with Gasteiger partial charge in [0.15, 0.2) is 0 Å². The maximum atomic E-state index is 12.3. The van der Waals surface area contributed by atoms with E-state index in [1.54, 1.807) is 0 Å². The summed E-state index contributed by atoms with van der Waals surface area (Å²) in [5.74, 6) is 0.0769. The van der Waals surface area contributed by atoms with Gasteiger partial charge in [-0.1, -0.05) is 53.6 Å². The molecule has 2 aromatic carbocycles. The van der Waals surface area contributed by atoms with Crippen LogP contribution in [0.5, 0.6) is 0 Å². The van der Waals surface area contributed by atoms with Gasteiger partial charge in [0, 0.05) is 5.02 Å². The van der Waals surface area contributed by atoms with Crippen LogP contribution < -0.4 is 5.32 Å². The minimum atomic E-state index is -0.175. The molecule has 0 aliphatic heterocycles. The lowest BCUT2D eigenvalue weighted by atomic mass is 10.0. The zero-order valence-electron chi connectivity index (χ0n) is 12.0. The van der Waals surface area contributed by atoms with E-state index in [0.29, 0.717) is 6.42 Å². The van der Waals surface area contributed by atoms with Crippen molar-refractivity contribution in [2.75, 3.05) is 0 Å². The van der Waals surface area contributed by atoms with Crippen molar-refractivity contribution in [2.24, 2.45) is 0 Å². The van der Waals surface area contributed by atoms with Crippen molar-refractivity contribution in [3.63, 3.8) is 0 Å². The van der Waals surface area contributed by atoms with Crippen molar-refractivity contribution in [1.82, 2.24) is 5.32 Å². The van der Waals surface area contributed by atoms with Crippen molar-refractivity contribution in [3.05, 3.63) is 70.2 Å². The molecule has 0 bridgehead atoms. The number of carbonyl (C=O) groups is 1. The molecule has 1 amide bonds. The van der Waals surface area contributed by atoms with Gasteiger partial charge < -0.3 is 5.32 Å². The van der Waals surface area contributed by atoms with Crippen LogP contribution in [0.4, 0.5) is 0 Å². The van der Waals surface area contributed by atoms with Gasteiger partial charge in [-0.05, 0) is 43.0 Å². The molecule has 21 heavy (non-hydrogen) atoms. The number of rotatable bonds is 4. The lowest BCUT2D eigenvalue weighted by Crippen LogP contribution is -2.35. The predicted octanol–water partition coefficient (Wildman–Crippen LogP) is 4.00. The standard InChI is InChI=1S/C18H18ClNO/c1-13-3-2-4-14(11-13)12-17(21)20-18(9-10-18)15-5-7-16(19)8-6-15/h2-8,11H,9-10,12H2,1H3,(H,20,21). The highest BCUT2D eigenvalue weighted by atomic mass is 35.5. The van der Waals surface area contributed by atoms with Crippen LogP contribution in [-0.2, 0) is 16.8 Å². The van der Waals surface area contributed by atoms with E-state index in [9.17, 15) is 4.79 Å². The van der Waals surface area contributed by atoms with Crippen LogP contribution in [0.1, 0.15) is 29.5 Å². The molecule has 1 N–H and O–H groups in total. The number of aryl methyl sites for hydroxylation is 1. The number of benzene rings is 2. The van der Waals surface area contributed by atoms with E-state index < -0.39 is 0 Å². The normalized spacial score (nSPS) is 15.5. The third-order valence-electron chi connectivity index (χ3n) is 3.97. The number of carbonyl (C=O) groups excluding carboxylic acids is 1. The second-order valence-electron chi connectivity index (χ2n) is 5.80. The van der Waals surface area contributed by atoms with Gasteiger partial charge in [-0.2, -0.15) is 0 Å². The Morgan fingerprint density at radius 2 is 1.90 bits per heavy atom. The zero-order chi connectivity index (χ0) is 14.9. The summed E-state index contributed by atoms with van der Waals surface area (Å²) < 4.78 is 0. The predicted molar refractivity (Wildman–Crippen MR) is 85.4 cm³/mol. The molecular weight excluding hydrogens is 282 g/mol. The molecule has 0 unspecified atom stereocenters. The van der Waals surface area contributed by atoms with Crippen molar-refractivity contribution < 1.29 is 4.79 Å². The van der Waals surface area contributed by atoms with Gasteiger partial charge in [0.05, 0.1) is 12.0 Å². The fraction of sp³-hybridized carbons (Fsp3) is 0.278. The largest absolute Gasteiger partial charge is 0.346 e. The van der Waals surface area contributed by atoms with E-state index in [1.165, 1.54) is 5.56 Å². The third-order valence-corrected chi connectivity index (χ3v) is 4.22. The Bertz CT molecular complexity index is 659. The van der Waals surface area contributed by atoms with E-state index in [0.717, 1.165) is 29.0 Å². The van der Waals surface area contributed by atoms with Crippen molar-refractivity contribution in [1.29, 1.82) is 0 Å². The number of amides is 1. The second kappa shape index (κ2) is 5.53. The van der Waals surface area contributed by atoms with E-state index in [-0.39, 0.29) is 11.4 Å². The first-order valence-electron chi connectivity index (χ1n) is 7.20. The molecule has 0 saturated heterocycles. The highest BCUT2D eigenvalue weighted by Gasteiger charge is 2.45. The molecule has 3 rings (SSSR count). The molecule has 0 spiro atoms. The summed E-state index contributed by atoms with van der Waals surface area (Å²) in [6, 6.07) is 15.8. The zero-order valence-corrected chi connectivity index (χ0v) is 12.8. The minimum absolute atomic E-state index is 0.0769. The van der Waals surface area contributed by atoms with Crippen LogP contribution in [0.2, 0.25) is 5.02 Å². The average molecular weight is 300 g/mol. The Balaban J connectivity index is 1.68. The molecule has 0 atom stereocenters. The third kappa shape index (κ3) is 3.27. The molecule has 0 radical (unpaired) electrons. The molecule has 2 aromatic rings. The summed E-state index contributed by atoms with van der Waals surface area (Å²) in [5, 5.41) is 3.91. The molecule has 1 saturated carbocycles. The van der Waals surface area contributed by atoms with Crippen LogP contribution >= 0.6 is 11.6 Å². The Hall–Kier alpha value is -1.80. The number of hydrogen-bond acceptors (Lipinski definition) is 1. The molecule has 2 nitrogen and oxygen atoms in total. The van der Waals surface area contributed by atoms with Crippen LogP contribution in [0.15, 0.2) is 48.5 Å². The number of halogens is 1. The van der Waals surface area contributed by atoms with Gasteiger partial charge >= 0.3 is 0 Å². The molecule has 1 aliphatic rings. The van der Waals surface area contributed by atoms with Crippen molar-refractivity contribution in [3.8, 4) is 0 Å². The smallest absolute Gasteiger partial charge is 0.225 e. The Labute approximate surface area is 130 Å². The molecule has 3 heteroatoms. The van der Waals surface area contributed by atoms with E-state index in [1.807, 2.05) is 49.4 Å². The molecule has 1 fully saturated rings. The van der Waals surface area contributed by atoms with E-state index in [4.69, 9.17) is 11.6 Å². The summed E-state index contributed by atoms with van der Waals surface area (Å²) in [6.45, 7) is 2.04. The summed E-state index contributed by atoms with van der Waals surface area (Å²) in [5.41, 5.74) is 3.20. The fourth-order valence-electron chi connectivity index (χ4n) is 2.70. The summed E-state index contributed by atoms with van der Waals surface area (Å²) in [6.07, 6.45) is 2.42. The molecular formula is C18H18ClNO. The first-order valence-corrected chi connectivity index (χ1v) is 7.58. The second-order valence-corrected chi connectivity index (χ2v) is 6.24. The van der Waals surface area contributed by atoms with Crippen LogP contribution in [-0.4, -0.2) is 5.91 Å². The van der Waals surface area contributed by atoms with Gasteiger partial charge in [0.2, 0.25) is 5.91 Å². The average Bonchev–Trinajstić information content (AvgIpc) is 3.20. The fourth-order valence-corrected chi connectivity index (χ4v) is 2.82. The first kappa shape index (κ1) is 14.2. The van der Waals surface area contributed by atoms with E-state index in [2.05, 4.69) is 11.4 Å². The lowest BCUT2D eigenvalue weighted by Gasteiger charge is -2.18. The van der Waals surface area contributed by atoms with Crippen LogP contribution in [0.25, 0.3) is 0 Å². The van der Waals surface area contributed by atoms with E-state index >= 15 is 0 Å². The molecule has 108 valence electrons. The first-order chi connectivity index (χ1) is 10.1. The van der Waals surface area contributed by atoms with Gasteiger partial charge in [-0.25, -0.2) is 0 Å². The van der Waals surface area contributed by atoms with Crippen LogP contribution in [0.3, 0.4) is 0 Å². The Morgan fingerprint density at radius 1 is 1.19 bits per heavy atom. The molecule has 1 aliphatic carbocycles. The number of hydrogen-bond donors (Lipinski definition) is 1. The summed E-state index contributed by atoms with van der Waals surface area (Å²) in [7, 11) is 0. The van der Waals surface area contributed by atoms with Gasteiger partial charge in [0.25, 0.3) is 0 Å². The SMILES string of the molecule is Cc1cccc(CC(=O)NC2(c3ccc(Cl)cc3)CC2)c1. The Kier molecular flexibility index (Phi) is 3.73. The molecule has 0 heterocycles. The van der Waals surface area contributed by atoms with Crippen molar-refractivity contribution >= 4 is 17.5 Å². The van der Waals surface area contributed by atoms with Crippen molar-refractivity contribution in [2.45, 2.75) is 31.7 Å². The van der Waals surface area contributed by atoms with Gasteiger partial charge in [-0.3, -0.25) is 4.79 Å². The maximum Gasteiger partial charge on any atom is 0.225 e. The Morgan fingerprint density at radius 3 is 2.52 bits per heavy atom. The maximum absolute atomic E-state index is 12.3. The summed E-state index contributed by atoms with van der Waals surface area (Å²) >= 11 is 5.92. The molecule has 0 aromatic heterocycles. The van der Waals surface area contributed by atoms with Gasteiger partial charge in [0.1, 0.15) is 0 Å². The topological polar surface area (TPSA) is 29.1 Å². The van der Waals surface area contributed by atoms with Gasteiger partial charge in [-0.15, -0.1) is 0 Å². The minimum Gasteiger partial charge on any atom is -0.346 e. The highest BCUT2D eigenvalue weighted by Crippen LogP contribution is 2.45. The monoisotopic (exact) mass is 299 g/mol. The highest BCUT2D eigenvalue weighted by molar-refractivity contribution is 6.30. The summed E-state index contributed by atoms with van der Waals surface area (Å²) in [4.78, 5) is 12.3. The quantitative estimate of drug-likeness (QED) is 0.908. The lowest BCUT2D eigenvalue weighted by molar-refractivity contribution is -0.121. The van der Waals surface area contributed by atoms with Crippen LogP contribution in [0, 0.1) is 6.92 Å².